The van der Waals surface area contributed by atoms with Crippen LogP contribution in [0.5, 0.6) is 0 Å². The Morgan fingerprint density at radius 1 is 1.20 bits per heavy atom. The molecule has 5 heteroatoms. The van der Waals surface area contributed by atoms with Gasteiger partial charge < -0.3 is 14.8 Å². The van der Waals surface area contributed by atoms with Crippen LogP contribution in [-0.4, -0.2) is 23.8 Å². The van der Waals surface area contributed by atoms with Crippen LogP contribution in [0.2, 0.25) is 0 Å². The highest BCUT2D eigenvalue weighted by Gasteiger charge is 2.24. The second kappa shape index (κ2) is 9.25. The Bertz CT molecular complexity index is 589. The van der Waals surface area contributed by atoms with Gasteiger partial charge in [0, 0.05) is 0 Å². The first kappa shape index (κ1) is 20.7. The second-order valence-electron chi connectivity index (χ2n) is 7.05. The van der Waals surface area contributed by atoms with E-state index >= 15 is 0 Å². The first-order valence-corrected chi connectivity index (χ1v) is 8.51. The summed E-state index contributed by atoms with van der Waals surface area (Å²) in [6.45, 7) is 13.0. The van der Waals surface area contributed by atoms with E-state index in [1.54, 1.807) is 20.8 Å². The van der Waals surface area contributed by atoms with E-state index in [1.165, 1.54) is 0 Å². The van der Waals surface area contributed by atoms with Gasteiger partial charge in [-0.3, -0.25) is 4.79 Å². The monoisotopic (exact) mass is 347 g/mol. The van der Waals surface area contributed by atoms with Gasteiger partial charge in [0.15, 0.2) is 0 Å². The Hall–Kier alpha value is -2.30. The maximum absolute atomic E-state index is 12.3. The second-order valence-corrected chi connectivity index (χ2v) is 7.05. The number of amides is 1. The fourth-order valence-corrected chi connectivity index (χ4v) is 2.29. The van der Waals surface area contributed by atoms with Gasteiger partial charge in [-0.15, -0.1) is 0 Å². The number of ether oxygens (including phenoxy) is 2. The molecule has 0 aromatic heterocycles. The Kier molecular flexibility index (Phi) is 7.68. The minimum Gasteiger partial charge on any atom is -0.458 e. The Morgan fingerprint density at radius 3 is 2.28 bits per heavy atom. The molecular weight excluding hydrogens is 318 g/mol. The number of hydrogen-bond donors (Lipinski definition) is 1. The van der Waals surface area contributed by atoms with Gasteiger partial charge in [0.05, 0.1) is 12.5 Å². The number of nitrogens with one attached hydrogen (secondary N) is 1. The minimum atomic E-state index is -0.612. The Balaban J connectivity index is 2.84. The summed E-state index contributed by atoms with van der Waals surface area (Å²) in [5.74, 6) is -0.389. The van der Waals surface area contributed by atoms with E-state index in [2.05, 4.69) is 11.9 Å². The molecule has 0 radical (unpaired) electrons. The first-order chi connectivity index (χ1) is 11.6. The molecule has 0 aliphatic rings. The maximum Gasteiger partial charge on any atom is 0.408 e. The molecule has 0 aliphatic heterocycles. The lowest BCUT2D eigenvalue weighted by Gasteiger charge is -2.24. The standard InChI is InChI=1S/C20H29NO4/c1-7-17(14(2)3)24-18(22)13-16(15-11-9-8-10-12-15)21-19(23)25-20(4,5)6/h8-12,16-17H,2,7,13H2,1,3-6H3,(H,21,23)/t16-,17+/m1/s1. The molecule has 1 aromatic rings. The summed E-state index contributed by atoms with van der Waals surface area (Å²) >= 11 is 0. The number of esters is 1. The number of alkyl carbamates (subject to hydrolysis) is 1. The topological polar surface area (TPSA) is 64.6 Å². The summed E-state index contributed by atoms with van der Waals surface area (Å²) in [7, 11) is 0. The number of hydrogen-bond acceptors (Lipinski definition) is 4. The van der Waals surface area contributed by atoms with Crippen molar-refractivity contribution in [2.75, 3.05) is 0 Å². The van der Waals surface area contributed by atoms with Crippen LogP contribution >= 0.6 is 0 Å². The highest BCUT2D eigenvalue weighted by atomic mass is 16.6. The lowest BCUT2D eigenvalue weighted by molar-refractivity contribution is -0.148. The van der Waals surface area contributed by atoms with Gasteiger partial charge in [-0.1, -0.05) is 43.8 Å². The maximum atomic E-state index is 12.3. The zero-order chi connectivity index (χ0) is 19.0. The zero-order valence-corrected chi connectivity index (χ0v) is 15.8. The number of carbonyl (C=O) groups is 2. The SMILES string of the molecule is C=C(C)[C@H](CC)OC(=O)C[C@@H](NC(=O)OC(C)(C)C)c1ccccc1. The normalized spacial score (nSPS) is 13.5. The molecule has 25 heavy (non-hydrogen) atoms. The molecule has 1 rings (SSSR count). The van der Waals surface area contributed by atoms with Crippen molar-refractivity contribution in [1.29, 1.82) is 0 Å². The van der Waals surface area contributed by atoms with E-state index in [-0.39, 0.29) is 18.5 Å². The largest absolute Gasteiger partial charge is 0.458 e. The van der Waals surface area contributed by atoms with Crippen LogP contribution in [0.15, 0.2) is 42.5 Å². The fourth-order valence-electron chi connectivity index (χ4n) is 2.29. The highest BCUT2D eigenvalue weighted by molar-refractivity contribution is 5.73. The van der Waals surface area contributed by atoms with Crippen LogP contribution < -0.4 is 5.32 Å². The molecule has 5 nitrogen and oxygen atoms in total. The number of benzene rings is 1. The van der Waals surface area contributed by atoms with Crippen molar-refractivity contribution in [3.63, 3.8) is 0 Å². The van der Waals surface area contributed by atoms with Crippen LogP contribution in [0, 0.1) is 0 Å². The third-order valence-electron chi connectivity index (χ3n) is 3.46. The summed E-state index contributed by atoms with van der Waals surface area (Å²) in [6.07, 6.45) is -0.199. The average Bonchev–Trinajstić information content (AvgIpc) is 2.50. The number of carbonyl (C=O) groups excluding carboxylic acids is 2. The van der Waals surface area contributed by atoms with Gasteiger partial charge >= 0.3 is 12.1 Å². The molecule has 1 N–H and O–H groups in total. The van der Waals surface area contributed by atoms with Gasteiger partial charge in [-0.25, -0.2) is 4.79 Å². The van der Waals surface area contributed by atoms with Crippen LogP contribution in [-0.2, 0) is 14.3 Å². The van der Waals surface area contributed by atoms with E-state index in [1.807, 2.05) is 44.2 Å². The predicted molar refractivity (Wildman–Crippen MR) is 98.2 cm³/mol. The molecule has 0 unspecified atom stereocenters. The third kappa shape index (κ3) is 7.88. The molecule has 0 fully saturated rings. The Labute approximate surface area is 150 Å². The quantitative estimate of drug-likeness (QED) is 0.581. The van der Waals surface area contributed by atoms with Crippen LogP contribution in [0.3, 0.4) is 0 Å². The first-order valence-electron chi connectivity index (χ1n) is 8.51. The lowest BCUT2D eigenvalue weighted by Crippen LogP contribution is -2.36. The summed E-state index contributed by atoms with van der Waals surface area (Å²) < 4.78 is 10.8. The highest BCUT2D eigenvalue weighted by Crippen LogP contribution is 2.20. The van der Waals surface area contributed by atoms with Crippen LogP contribution in [0.25, 0.3) is 0 Å². The van der Waals surface area contributed by atoms with E-state index in [0.717, 1.165) is 11.1 Å². The van der Waals surface area contributed by atoms with Crippen molar-refractivity contribution in [3.8, 4) is 0 Å². The predicted octanol–water partition coefficient (Wildman–Crippen LogP) is 4.54. The molecule has 2 atom stereocenters. The summed E-state index contributed by atoms with van der Waals surface area (Å²) in [4.78, 5) is 24.4. The van der Waals surface area contributed by atoms with Crippen molar-refractivity contribution < 1.29 is 19.1 Å². The Morgan fingerprint density at radius 2 is 1.80 bits per heavy atom. The average molecular weight is 347 g/mol. The lowest BCUT2D eigenvalue weighted by atomic mass is 10.0. The van der Waals surface area contributed by atoms with E-state index in [0.29, 0.717) is 6.42 Å². The van der Waals surface area contributed by atoms with Gasteiger partial charge in [0.1, 0.15) is 11.7 Å². The van der Waals surface area contributed by atoms with Gasteiger partial charge in [-0.05, 0) is 45.3 Å². The third-order valence-corrected chi connectivity index (χ3v) is 3.46. The molecule has 0 saturated carbocycles. The molecule has 1 amide bonds. The summed E-state index contributed by atoms with van der Waals surface area (Å²) in [5, 5.41) is 2.76. The van der Waals surface area contributed by atoms with Crippen molar-refractivity contribution in [3.05, 3.63) is 48.0 Å². The molecular formula is C20H29NO4. The fraction of sp³-hybridized carbons (Fsp3) is 0.500. The van der Waals surface area contributed by atoms with Crippen molar-refractivity contribution >= 4 is 12.1 Å². The van der Waals surface area contributed by atoms with Gasteiger partial charge in [0.25, 0.3) is 0 Å². The number of rotatable bonds is 7. The molecule has 0 spiro atoms. The van der Waals surface area contributed by atoms with Crippen molar-refractivity contribution in [1.82, 2.24) is 5.32 Å². The van der Waals surface area contributed by atoms with E-state index in [9.17, 15) is 9.59 Å². The molecule has 0 saturated heterocycles. The zero-order valence-electron chi connectivity index (χ0n) is 15.8. The van der Waals surface area contributed by atoms with Crippen molar-refractivity contribution in [2.24, 2.45) is 0 Å². The van der Waals surface area contributed by atoms with Crippen LogP contribution in [0.4, 0.5) is 4.79 Å². The molecule has 0 aliphatic carbocycles. The summed E-state index contributed by atoms with van der Waals surface area (Å²) in [5.41, 5.74) is 1.000. The summed E-state index contributed by atoms with van der Waals surface area (Å²) in [6, 6.07) is 8.77. The molecule has 1 aromatic carbocycles. The smallest absolute Gasteiger partial charge is 0.408 e. The molecule has 138 valence electrons. The van der Waals surface area contributed by atoms with E-state index < -0.39 is 17.7 Å². The van der Waals surface area contributed by atoms with Gasteiger partial charge in [-0.2, -0.15) is 0 Å². The molecule has 0 bridgehead atoms. The van der Waals surface area contributed by atoms with E-state index in [4.69, 9.17) is 9.47 Å². The van der Waals surface area contributed by atoms with Crippen molar-refractivity contribution in [2.45, 2.75) is 65.2 Å². The molecule has 0 heterocycles. The van der Waals surface area contributed by atoms with Crippen LogP contribution in [0.1, 0.15) is 59.1 Å². The minimum absolute atomic E-state index is 0.0209. The van der Waals surface area contributed by atoms with Gasteiger partial charge in [0.2, 0.25) is 0 Å².